The van der Waals surface area contributed by atoms with E-state index in [-0.39, 0.29) is 0 Å². The minimum Gasteiger partial charge on any atom is -0.0785 e. The van der Waals surface area contributed by atoms with Crippen LogP contribution in [0.4, 0.5) is 0 Å². The Bertz CT molecular complexity index is 86.9. The summed E-state index contributed by atoms with van der Waals surface area (Å²) in [6.45, 7) is 2.26. The van der Waals surface area contributed by atoms with E-state index in [2.05, 4.69) is 39.7 Å². The van der Waals surface area contributed by atoms with Crippen molar-refractivity contribution in [2.75, 3.05) is 0 Å². The first-order chi connectivity index (χ1) is 5.41. The van der Waals surface area contributed by atoms with Gasteiger partial charge in [0.25, 0.3) is 0 Å². The quantitative estimate of drug-likeness (QED) is 0.463. The highest BCUT2D eigenvalue weighted by atomic mass is 127. The van der Waals surface area contributed by atoms with Gasteiger partial charge in [0.05, 0.1) is 0 Å². The number of halogens is 1. The van der Waals surface area contributed by atoms with Gasteiger partial charge < -0.3 is 0 Å². The van der Waals surface area contributed by atoms with Gasteiger partial charge in [0.15, 0.2) is 0 Å². The highest BCUT2D eigenvalue weighted by Gasteiger charge is 1.87. The van der Waals surface area contributed by atoms with Crippen LogP contribution in [0.25, 0.3) is 0 Å². The molecule has 0 spiro atoms. The first-order valence-electron chi connectivity index (χ1n) is 4.67. The summed E-state index contributed by atoms with van der Waals surface area (Å²) in [6, 6.07) is 0. The van der Waals surface area contributed by atoms with E-state index >= 15 is 0 Å². The van der Waals surface area contributed by atoms with Crippen molar-refractivity contribution in [1.82, 2.24) is 0 Å². The first kappa shape index (κ1) is 11.5. The van der Waals surface area contributed by atoms with Gasteiger partial charge in [-0.25, -0.2) is 0 Å². The molecule has 0 nitrogen and oxygen atoms in total. The molecule has 0 amide bonds. The Morgan fingerprint density at radius 3 is 2.27 bits per heavy atom. The van der Waals surface area contributed by atoms with Crippen molar-refractivity contribution in [3.63, 3.8) is 0 Å². The average molecular weight is 266 g/mol. The molecule has 0 heterocycles. The monoisotopic (exact) mass is 266 g/mol. The average Bonchev–Trinajstić information content (AvgIpc) is 2.03. The third-order valence-corrected chi connectivity index (χ3v) is 2.32. The molecule has 0 aromatic carbocycles. The lowest BCUT2D eigenvalue weighted by atomic mass is 10.1. The van der Waals surface area contributed by atoms with Crippen LogP contribution in [0.5, 0.6) is 0 Å². The van der Waals surface area contributed by atoms with Gasteiger partial charge in [0.2, 0.25) is 0 Å². The lowest BCUT2D eigenvalue weighted by molar-refractivity contribution is 0.611. The number of rotatable bonds is 7. The zero-order valence-electron chi connectivity index (χ0n) is 7.48. The molecule has 0 saturated heterocycles. The summed E-state index contributed by atoms with van der Waals surface area (Å²) in [5.41, 5.74) is 0. The van der Waals surface area contributed by atoms with Crippen LogP contribution < -0.4 is 0 Å². The molecule has 0 unspecified atom stereocenters. The Morgan fingerprint density at radius 1 is 1.00 bits per heavy atom. The second kappa shape index (κ2) is 10.5. The van der Waals surface area contributed by atoms with Crippen LogP contribution in [0.1, 0.15) is 51.9 Å². The molecule has 0 N–H and O–H groups in total. The molecular formula is C10H19I. The van der Waals surface area contributed by atoms with Gasteiger partial charge in [-0.1, -0.05) is 67.7 Å². The maximum Gasteiger partial charge on any atom is -0.0274 e. The molecule has 0 aliphatic rings. The van der Waals surface area contributed by atoms with E-state index < -0.39 is 0 Å². The Balaban J connectivity index is 2.79. The topological polar surface area (TPSA) is 0 Å². The van der Waals surface area contributed by atoms with Crippen LogP contribution in [-0.2, 0) is 0 Å². The van der Waals surface area contributed by atoms with Gasteiger partial charge in [0.1, 0.15) is 0 Å². The fraction of sp³-hybridized carbons (Fsp3) is 0.800. The molecule has 1 heteroatoms. The zero-order chi connectivity index (χ0) is 8.36. The zero-order valence-corrected chi connectivity index (χ0v) is 9.64. The highest BCUT2D eigenvalue weighted by Crippen LogP contribution is 2.07. The first-order valence-corrected chi connectivity index (χ1v) is 5.91. The highest BCUT2D eigenvalue weighted by molar-refractivity contribution is 14.1. The molecule has 0 radical (unpaired) electrons. The number of hydrogen-bond acceptors (Lipinski definition) is 0. The molecule has 0 aliphatic heterocycles. The molecule has 0 bridgehead atoms. The van der Waals surface area contributed by atoms with E-state index in [1.165, 1.54) is 44.9 Å². The minimum absolute atomic E-state index is 1.27. The van der Waals surface area contributed by atoms with Crippen molar-refractivity contribution >= 4 is 22.6 Å². The lowest BCUT2D eigenvalue weighted by Gasteiger charge is -1.96. The SMILES string of the molecule is CCCCCCCC/C=C/I. The number of allylic oxidation sites excluding steroid dienone is 1. The molecular weight excluding hydrogens is 247 g/mol. The number of unbranched alkanes of at least 4 members (excludes halogenated alkanes) is 6. The fourth-order valence-electron chi connectivity index (χ4n) is 1.11. The largest absolute Gasteiger partial charge is 0.0785 e. The summed E-state index contributed by atoms with van der Waals surface area (Å²) in [5, 5.41) is 0. The summed E-state index contributed by atoms with van der Waals surface area (Å²) in [7, 11) is 0. The molecule has 11 heavy (non-hydrogen) atoms. The molecule has 0 aromatic heterocycles. The fourth-order valence-corrected chi connectivity index (χ4v) is 1.47. The Labute approximate surface area is 84.6 Å². The van der Waals surface area contributed by atoms with E-state index in [1.807, 2.05) is 0 Å². The summed E-state index contributed by atoms with van der Waals surface area (Å²) in [6.07, 6.45) is 12.0. The van der Waals surface area contributed by atoms with Gasteiger partial charge in [-0.15, -0.1) is 0 Å². The molecule has 0 atom stereocenters. The van der Waals surface area contributed by atoms with Gasteiger partial charge in [-0.2, -0.15) is 0 Å². The van der Waals surface area contributed by atoms with E-state index in [0.717, 1.165) is 0 Å². The molecule has 0 aromatic rings. The van der Waals surface area contributed by atoms with E-state index in [0.29, 0.717) is 0 Å². The molecule has 0 rings (SSSR count). The second-order valence-electron chi connectivity index (χ2n) is 2.92. The standard InChI is InChI=1S/C10H19I/c1-2-3-4-5-6-7-8-9-10-11/h9-10H,2-8H2,1H3/b10-9+. The molecule has 0 saturated carbocycles. The van der Waals surface area contributed by atoms with Crippen LogP contribution in [0.15, 0.2) is 10.2 Å². The van der Waals surface area contributed by atoms with Crippen LogP contribution in [0.3, 0.4) is 0 Å². The third kappa shape index (κ3) is 10.5. The van der Waals surface area contributed by atoms with Gasteiger partial charge in [0, 0.05) is 0 Å². The van der Waals surface area contributed by atoms with Crippen molar-refractivity contribution in [2.24, 2.45) is 0 Å². The van der Waals surface area contributed by atoms with Crippen molar-refractivity contribution in [2.45, 2.75) is 51.9 Å². The van der Waals surface area contributed by atoms with E-state index in [9.17, 15) is 0 Å². The van der Waals surface area contributed by atoms with E-state index in [1.54, 1.807) is 0 Å². The summed E-state index contributed by atoms with van der Waals surface area (Å²) < 4.78 is 2.11. The summed E-state index contributed by atoms with van der Waals surface area (Å²) in [4.78, 5) is 0. The van der Waals surface area contributed by atoms with Crippen LogP contribution in [-0.4, -0.2) is 0 Å². The van der Waals surface area contributed by atoms with Crippen molar-refractivity contribution in [3.05, 3.63) is 10.2 Å². The molecule has 66 valence electrons. The Kier molecular flexibility index (Phi) is 10.9. The summed E-state index contributed by atoms with van der Waals surface area (Å²) in [5.74, 6) is 0. The lowest BCUT2D eigenvalue weighted by Crippen LogP contribution is -1.77. The van der Waals surface area contributed by atoms with Gasteiger partial charge in [-0.3, -0.25) is 0 Å². The normalized spacial score (nSPS) is 11.1. The van der Waals surface area contributed by atoms with Crippen molar-refractivity contribution in [1.29, 1.82) is 0 Å². The Morgan fingerprint density at radius 2 is 1.64 bits per heavy atom. The smallest absolute Gasteiger partial charge is 0.0274 e. The van der Waals surface area contributed by atoms with E-state index in [4.69, 9.17) is 0 Å². The second-order valence-corrected chi connectivity index (χ2v) is 3.64. The maximum atomic E-state index is 2.28. The van der Waals surface area contributed by atoms with Crippen LogP contribution in [0.2, 0.25) is 0 Å². The van der Waals surface area contributed by atoms with Gasteiger partial charge in [-0.05, 0) is 16.9 Å². The number of hydrogen-bond donors (Lipinski definition) is 0. The third-order valence-electron chi connectivity index (χ3n) is 1.81. The van der Waals surface area contributed by atoms with Crippen molar-refractivity contribution in [3.8, 4) is 0 Å². The van der Waals surface area contributed by atoms with Crippen molar-refractivity contribution < 1.29 is 0 Å². The maximum absolute atomic E-state index is 2.28. The van der Waals surface area contributed by atoms with Crippen LogP contribution in [0, 0.1) is 0 Å². The predicted molar refractivity (Wildman–Crippen MR) is 61.2 cm³/mol. The predicted octanol–water partition coefficient (Wildman–Crippen LogP) is 4.69. The summed E-state index contributed by atoms with van der Waals surface area (Å²) >= 11 is 2.28. The molecule has 0 fully saturated rings. The van der Waals surface area contributed by atoms with Crippen LogP contribution >= 0.6 is 22.6 Å². The molecule has 0 aliphatic carbocycles. The van der Waals surface area contributed by atoms with Gasteiger partial charge >= 0.3 is 0 Å². The Hall–Kier alpha value is 0.470. The minimum atomic E-state index is 1.27.